The topological polar surface area (TPSA) is 24.9 Å². The molecule has 2 rings (SSSR count). The van der Waals surface area contributed by atoms with E-state index in [-0.39, 0.29) is 0 Å². The molecule has 114 valence electrons. The van der Waals surface area contributed by atoms with Crippen LogP contribution in [-0.2, 0) is 6.42 Å². The molecule has 1 aliphatic carbocycles. The van der Waals surface area contributed by atoms with Crippen molar-refractivity contribution in [2.24, 2.45) is 11.3 Å². The van der Waals surface area contributed by atoms with Crippen LogP contribution in [0.2, 0.25) is 0 Å². The molecule has 1 heterocycles. The van der Waals surface area contributed by atoms with E-state index in [1.807, 2.05) is 0 Å². The summed E-state index contributed by atoms with van der Waals surface area (Å²) in [6.45, 7) is 5.56. The molecule has 0 aliphatic heterocycles. The Bertz CT molecular complexity index is 391. The maximum Gasteiger partial charge on any atom is 0.0897 e. The molecule has 1 fully saturated rings. The van der Waals surface area contributed by atoms with Gasteiger partial charge in [-0.3, -0.25) is 0 Å². The van der Waals surface area contributed by atoms with E-state index in [0.29, 0.717) is 5.41 Å². The molecule has 1 N–H and O–H groups in total. The lowest BCUT2D eigenvalue weighted by molar-refractivity contribution is 0.140. The van der Waals surface area contributed by atoms with Crippen molar-refractivity contribution in [3.8, 4) is 0 Å². The van der Waals surface area contributed by atoms with Crippen molar-refractivity contribution < 1.29 is 0 Å². The zero-order valence-corrected chi connectivity index (χ0v) is 14.2. The molecule has 2 nitrogen and oxygen atoms in total. The first-order valence-electron chi connectivity index (χ1n) is 8.23. The average Bonchev–Trinajstić information content (AvgIpc) is 2.84. The van der Waals surface area contributed by atoms with Crippen LogP contribution in [0.4, 0.5) is 0 Å². The van der Waals surface area contributed by atoms with Crippen molar-refractivity contribution in [3.63, 3.8) is 0 Å². The standard InChI is InChI=1S/C17H30N2S/c1-4-5-6-15-7-9-17(10-8-15,13-18-3)11-16-12-20-14(2)19-16/h12,15,18H,4-11,13H2,1-3H3. The van der Waals surface area contributed by atoms with Gasteiger partial charge in [-0.1, -0.05) is 26.2 Å². The second kappa shape index (κ2) is 7.56. The molecule has 1 aliphatic rings. The van der Waals surface area contributed by atoms with Gasteiger partial charge < -0.3 is 5.32 Å². The highest BCUT2D eigenvalue weighted by Crippen LogP contribution is 2.42. The van der Waals surface area contributed by atoms with Gasteiger partial charge in [0.1, 0.15) is 0 Å². The predicted molar refractivity (Wildman–Crippen MR) is 88.4 cm³/mol. The highest BCUT2D eigenvalue weighted by atomic mass is 32.1. The number of rotatable bonds is 7. The van der Waals surface area contributed by atoms with Crippen molar-refractivity contribution in [3.05, 3.63) is 16.1 Å². The third kappa shape index (κ3) is 4.29. The van der Waals surface area contributed by atoms with Crippen molar-refractivity contribution in [2.75, 3.05) is 13.6 Å². The summed E-state index contributed by atoms with van der Waals surface area (Å²) in [5.74, 6) is 0.983. The van der Waals surface area contributed by atoms with Crippen LogP contribution < -0.4 is 5.32 Å². The SMILES string of the molecule is CCCCC1CCC(CNC)(Cc2csc(C)n2)CC1. The molecule has 0 unspecified atom stereocenters. The monoisotopic (exact) mass is 294 g/mol. The molecule has 0 spiro atoms. The Kier molecular flexibility index (Phi) is 6.03. The van der Waals surface area contributed by atoms with E-state index >= 15 is 0 Å². The van der Waals surface area contributed by atoms with Gasteiger partial charge in [-0.15, -0.1) is 11.3 Å². The Morgan fingerprint density at radius 2 is 2.15 bits per heavy atom. The van der Waals surface area contributed by atoms with Crippen LogP contribution in [0.1, 0.15) is 62.6 Å². The number of thiazole rings is 1. The van der Waals surface area contributed by atoms with Crippen LogP contribution in [-0.4, -0.2) is 18.6 Å². The lowest BCUT2D eigenvalue weighted by Crippen LogP contribution is -2.38. The first-order chi connectivity index (χ1) is 9.67. The second-order valence-corrected chi connectivity index (χ2v) is 7.71. The first kappa shape index (κ1) is 16.0. The number of hydrogen-bond donors (Lipinski definition) is 1. The summed E-state index contributed by atoms with van der Waals surface area (Å²) < 4.78 is 0. The average molecular weight is 295 g/mol. The van der Waals surface area contributed by atoms with E-state index in [1.54, 1.807) is 11.3 Å². The summed E-state index contributed by atoms with van der Waals surface area (Å²) >= 11 is 1.79. The Morgan fingerprint density at radius 3 is 2.70 bits per heavy atom. The van der Waals surface area contributed by atoms with E-state index in [0.717, 1.165) is 12.5 Å². The van der Waals surface area contributed by atoms with Gasteiger partial charge in [0.25, 0.3) is 0 Å². The first-order valence-corrected chi connectivity index (χ1v) is 9.11. The molecule has 3 heteroatoms. The van der Waals surface area contributed by atoms with Crippen LogP contribution in [0.5, 0.6) is 0 Å². The van der Waals surface area contributed by atoms with Gasteiger partial charge in [-0.2, -0.15) is 0 Å². The molecule has 0 bridgehead atoms. The molecule has 0 radical (unpaired) electrons. The fourth-order valence-electron chi connectivity index (χ4n) is 3.74. The maximum atomic E-state index is 4.69. The minimum Gasteiger partial charge on any atom is -0.319 e. The summed E-state index contributed by atoms with van der Waals surface area (Å²) in [6.07, 6.45) is 11.0. The van der Waals surface area contributed by atoms with Gasteiger partial charge in [0, 0.05) is 11.9 Å². The number of unbranched alkanes of at least 4 members (excludes halogenated alkanes) is 1. The van der Waals surface area contributed by atoms with E-state index < -0.39 is 0 Å². The molecular formula is C17H30N2S. The molecular weight excluding hydrogens is 264 g/mol. The quantitative estimate of drug-likeness (QED) is 0.796. The van der Waals surface area contributed by atoms with Gasteiger partial charge in [-0.05, 0) is 57.4 Å². The largest absolute Gasteiger partial charge is 0.319 e. The summed E-state index contributed by atoms with van der Waals surface area (Å²) in [6, 6.07) is 0. The number of nitrogens with zero attached hydrogens (tertiary/aromatic N) is 1. The Hall–Kier alpha value is -0.410. The molecule has 0 atom stereocenters. The van der Waals surface area contributed by atoms with Crippen LogP contribution >= 0.6 is 11.3 Å². The molecule has 0 saturated heterocycles. The van der Waals surface area contributed by atoms with E-state index in [9.17, 15) is 0 Å². The zero-order chi connectivity index (χ0) is 14.4. The van der Waals surface area contributed by atoms with E-state index in [2.05, 4.69) is 31.6 Å². The molecule has 1 aromatic rings. The third-order valence-corrected chi connectivity index (χ3v) is 5.73. The highest BCUT2D eigenvalue weighted by Gasteiger charge is 2.35. The fourth-order valence-corrected chi connectivity index (χ4v) is 4.35. The van der Waals surface area contributed by atoms with Crippen molar-refractivity contribution >= 4 is 11.3 Å². The fraction of sp³-hybridized carbons (Fsp3) is 0.824. The zero-order valence-electron chi connectivity index (χ0n) is 13.4. The Balaban J connectivity index is 1.94. The summed E-state index contributed by atoms with van der Waals surface area (Å²) in [4.78, 5) is 4.69. The minimum atomic E-state index is 0.456. The number of aryl methyl sites for hydroxylation is 1. The van der Waals surface area contributed by atoms with Crippen LogP contribution in [0.25, 0.3) is 0 Å². The molecule has 20 heavy (non-hydrogen) atoms. The molecule has 1 saturated carbocycles. The van der Waals surface area contributed by atoms with Crippen molar-refractivity contribution in [2.45, 2.75) is 65.2 Å². The van der Waals surface area contributed by atoms with Gasteiger partial charge in [0.2, 0.25) is 0 Å². The van der Waals surface area contributed by atoms with Crippen LogP contribution in [0.15, 0.2) is 5.38 Å². The lowest BCUT2D eigenvalue weighted by atomic mass is 9.67. The van der Waals surface area contributed by atoms with Crippen molar-refractivity contribution in [1.29, 1.82) is 0 Å². The second-order valence-electron chi connectivity index (χ2n) is 6.65. The smallest absolute Gasteiger partial charge is 0.0897 e. The summed E-state index contributed by atoms with van der Waals surface area (Å²) in [5, 5.41) is 6.90. The molecule has 0 amide bonds. The Labute approximate surface area is 128 Å². The number of aromatic nitrogens is 1. The third-order valence-electron chi connectivity index (χ3n) is 4.91. The molecule has 0 aromatic carbocycles. The summed E-state index contributed by atoms with van der Waals surface area (Å²) in [7, 11) is 2.09. The van der Waals surface area contributed by atoms with Gasteiger partial charge in [0.15, 0.2) is 0 Å². The van der Waals surface area contributed by atoms with Gasteiger partial charge in [0.05, 0.1) is 10.7 Å². The van der Waals surface area contributed by atoms with Gasteiger partial charge in [-0.25, -0.2) is 4.98 Å². The Morgan fingerprint density at radius 1 is 1.40 bits per heavy atom. The maximum absolute atomic E-state index is 4.69. The van der Waals surface area contributed by atoms with Crippen LogP contribution in [0, 0.1) is 18.3 Å². The van der Waals surface area contributed by atoms with Crippen molar-refractivity contribution in [1.82, 2.24) is 10.3 Å². The lowest BCUT2D eigenvalue weighted by Gasteiger charge is -2.40. The predicted octanol–water partition coefficient (Wildman–Crippen LogP) is 4.58. The minimum absolute atomic E-state index is 0.456. The van der Waals surface area contributed by atoms with Crippen LogP contribution in [0.3, 0.4) is 0 Å². The van der Waals surface area contributed by atoms with E-state index in [1.165, 1.54) is 62.1 Å². The van der Waals surface area contributed by atoms with E-state index in [4.69, 9.17) is 4.98 Å². The number of nitrogens with one attached hydrogen (secondary N) is 1. The molecule has 1 aromatic heterocycles. The number of hydrogen-bond acceptors (Lipinski definition) is 3. The normalized spacial score (nSPS) is 26.9. The highest BCUT2D eigenvalue weighted by molar-refractivity contribution is 7.09. The van der Waals surface area contributed by atoms with Gasteiger partial charge >= 0.3 is 0 Å². The summed E-state index contributed by atoms with van der Waals surface area (Å²) in [5.41, 5.74) is 1.77.